The van der Waals surface area contributed by atoms with E-state index in [0.717, 1.165) is 25.1 Å². The molecule has 98 valence electrons. The summed E-state index contributed by atoms with van der Waals surface area (Å²) < 4.78 is 0. The number of nitrogens with two attached hydrogens (primary N) is 1. The van der Waals surface area contributed by atoms with Crippen molar-refractivity contribution in [2.45, 2.75) is 50.4 Å². The monoisotopic (exact) mass is 285 g/mol. The molecule has 2 atom stereocenters. The standard InChI is InChI=1S/C13H17Cl2N3/c14-11-3-4-13(15)17-12(11)7-18-9-1-2-10(18)6-8(16)5-9/h3-4,8-10H,1-2,5-7,16H2. The number of nitrogens with zero attached hydrogens (tertiary/aromatic N) is 2. The minimum Gasteiger partial charge on any atom is -0.328 e. The number of piperidine rings is 1. The quantitative estimate of drug-likeness (QED) is 0.850. The first-order valence-electron chi connectivity index (χ1n) is 6.45. The van der Waals surface area contributed by atoms with Crippen molar-refractivity contribution in [1.29, 1.82) is 0 Å². The van der Waals surface area contributed by atoms with Gasteiger partial charge >= 0.3 is 0 Å². The van der Waals surface area contributed by atoms with E-state index in [1.807, 2.05) is 6.07 Å². The van der Waals surface area contributed by atoms with Crippen molar-refractivity contribution < 1.29 is 0 Å². The first-order valence-corrected chi connectivity index (χ1v) is 7.21. The fourth-order valence-electron chi connectivity index (χ4n) is 3.32. The van der Waals surface area contributed by atoms with Gasteiger partial charge in [-0.05, 0) is 37.8 Å². The molecule has 1 aromatic rings. The molecule has 0 amide bonds. The summed E-state index contributed by atoms with van der Waals surface area (Å²) >= 11 is 12.1. The number of hydrogen-bond donors (Lipinski definition) is 1. The summed E-state index contributed by atoms with van der Waals surface area (Å²) in [5.41, 5.74) is 6.96. The van der Waals surface area contributed by atoms with Crippen molar-refractivity contribution in [3.8, 4) is 0 Å². The van der Waals surface area contributed by atoms with Crippen LogP contribution in [0, 0.1) is 0 Å². The Morgan fingerprint density at radius 2 is 1.89 bits per heavy atom. The molecular weight excluding hydrogens is 269 g/mol. The van der Waals surface area contributed by atoms with E-state index >= 15 is 0 Å². The highest BCUT2D eigenvalue weighted by Crippen LogP contribution is 2.36. The molecule has 2 aliphatic heterocycles. The van der Waals surface area contributed by atoms with E-state index < -0.39 is 0 Å². The second-order valence-electron chi connectivity index (χ2n) is 5.35. The highest BCUT2D eigenvalue weighted by atomic mass is 35.5. The second-order valence-corrected chi connectivity index (χ2v) is 6.15. The molecule has 2 unspecified atom stereocenters. The van der Waals surface area contributed by atoms with Gasteiger partial charge in [0, 0.05) is 24.7 Å². The minimum absolute atomic E-state index is 0.363. The van der Waals surface area contributed by atoms with E-state index in [1.54, 1.807) is 6.07 Å². The summed E-state index contributed by atoms with van der Waals surface area (Å²) in [7, 11) is 0. The summed E-state index contributed by atoms with van der Waals surface area (Å²) in [6.45, 7) is 0.793. The molecule has 0 saturated carbocycles. The maximum Gasteiger partial charge on any atom is 0.129 e. The molecule has 2 aliphatic rings. The van der Waals surface area contributed by atoms with Crippen LogP contribution in [0.15, 0.2) is 12.1 Å². The van der Waals surface area contributed by atoms with Crippen molar-refractivity contribution in [2.24, 2.45) is 5.73 Å². The van der Waals surface area contributed by atoms with Gasteiger partial charge in [-0.15, -0.1) is 0 Å². The number of hydrogen-bond acceptors (Lipinski definition) is 3. The highest BCUT2D eigenvalue weighted by Gasteiger charge is 2.39. The van der Waals surface area contributed by atoms with Crippen molar-refractivity contribution in [1.82, 2.24) is 9.88 Å². The molecular formula is C13H17Cl2N3. The zero-order valence-corrected chi connectivity index (χ0v) is 11.7. The van der Waals surface area contributed by atoms with E-state index in [9.17, 15) is 0 Å². The molecule has 3 nitrogen and oxygen atoms in total. The van der Waals surface area contributed by atoms with Crippen LogP contribution in [0.4, 0.5) is 0 Å². The van der Waals surface area contributed by atoms with Gasteiger partial charge < -0.3 is 5.73 Å². The van der Waals surface area contributed by atoms with Crippen LogP contribution in [0.1, 0.15) is 31.4 Å². The zero-order chi connectivity index (χ0) is 12.7. The van der Waals surface area contributed by atoms with E-state index in [1.165, 1.54) is 12.8 Å². The number of fused-ring (bicyclic) bond motifs is 2. The van der Waals surface area contributed by atoms with Crippen LogP contribution in [0.3, 0.4) is 0 Å². The molecule has 0 aliphatic carbocycles. The Balaban J connectivity index is 1.79. The number of pyridine rings is 1. The topological polar surface area (TPSA) is 42.1 Å². The molecule has 1 aromatic heterocycles. The van der Waals surface area contributed by atoms with E-state index in [0.29, 0.717) is 28.3 Å². The third-order valence-corrected chi connectivity index (χ3v) is 4.69. The van der Waals surface area contributed by atoms with Gasteiger partial charge in [-0.2, -0.15) is 0 Å². The van der Waals surface area contributed by atoms with Crippen LogP contribution in [-0.2, 0) is 6.54 Å². The molecule has 3 heterocycles. The first kappa shape index (κ1) is 12.7. The average Bonchev–Trinajstić information content (AvgIpc) is 2.57. The Labute approximate surface area is 117 Å². The SMILES string of the molecule is NC1CC2CCC(C1)N2Cc1nc(Cl)ccc1Cl. The molecule has 2 fully saturated rings. The van der Waals surface area contributed by atoms with Gasteiger partial charge in [0.1, 0.15) is 5.15 Å². The molecule has 2 saturated heterocycles. The van der Waals surface area contributed by atoms with E-state index in [4.69, 9.17) is 28.9 Å². The zero-order valence-electron chi connectivity index (χ0n) is 10.1. The third kappa shape index (κ3) is 2.37. The molecule has 0 aromatic carbocycles. The molecule has 0 radical (unpaired) electrons. The predicted molar refractivity (Wildman–Crippen MR) is 73.8 cm³/mol. The van der Waals surface area contributed by atoms with Gasteiger partial charge in [-0.1, -0.05) is 23.2 Å². The Kier molecular flexibility index (Phi) is 3.50. The maximum absolute atomic E-state index is 6.19. The highest BCUT2D eigenvalue weighted by molar-refractivity contribution is 6.32. The van der Waals surface area contributed by atoms with Crippen molar-refractivity contribution in [3.05, 3.63) is 28.0 Å². The van der Waals surface area contributed by atoms with Crippen LogP contribution in [0.2, 0.25) is 10.2 Å². The Hall–Kier alpha value is -0.350. The Morgan fingerprint density at radius 1 is 1.22 bits per heavy atom. The van der Waals surface area contributed by atoms with Gasteiger partial charge in [0.2, 0.25) is 0 Å². The lowest BCUT2D eigenvalue weighted by Gasteiger charge is -2.37. The summed E-state index contributed by atoms with van der Waals surface area (Å²) in [6.07, 6.45) is 4.68. The third-order valence-electron chi connectivity index (χ3n) is 4.14. The van der Waals surface area contributed by atoms with Gasteiger partial charge in [0.25, 0.3) is 0 Å². The van der Waals surface area contributed by atoms with Crippen molar-refractivity contribution in [2.75, 3.05) is 0 Å². The lowest BCUT2D eigenvalue weighted by Crippen LogP contribution is -2.46. The molecule has 18 heavy (non-hydrogen) atoms. The van der Waals surface area contributed by atoms with Gasteiger partial charge in [0.05, 0.1) is 10.7 Å². The van der Waals surface area contributed by atoms with Gasteiger partial charge in [-0.25, -0.2) is 4.98 Å². The molecule has 0 spiro atoms. The maximum atomic E-state index is 6.19. The normalized spacial score (nSPS) is 31.8. The summed E-state index contributed by atoms with van der Waals surface area (Å²) in [5.74, 6) is 0. The van der Waals surface area contributed by atoms with E-state index in [-0.39, 0.29) is 0 Å². The van der Waals surface area contributed by atoms with Crippen LogP contribution in [-0.4, -0.2) is 28.0 Å². The van der Waals surface area contributed by atoms with Crippen molar-refractivity contribution in [3.63, 3.8) is 0 Å². The summed E-state index contributed by atoms with van der Waals surface area (Å²) in [5, 5.41) is 1.21. The Morgan fingerprint density at radius 3 is 2.56 bits per heavy atom. The summed E-state index contributed by atoms with van der Waals surface area (Å²) in [4.78, 5) is 6.85. The van der Waals surface area contributed by atoms with Gasteiger partial charge in [0.15, 0.2) is 0 Å². The molecule has 2 bridgehead atoms. The van der Waals surface area contributed by atoms with Crippen LogP contribution < -0.4 is 5.73 Å². The first-order chi connectivity index (χ1) is 8.63. The van der Waals surface area contributed by atoms with Crippen LogP contribution in [0.25, 0.3) is 0 Å². The average molecular weight is 286 g/mol. The minimum atomic E-state index is 0.363. The number of halogens is 2. The fraction of sp³-hybridized carbons (Fsp3) is 0.615. The molecule has 5 heteroatoms. The summed E-state index contributed by atoms with van der Waals surface area (Å²) in [6, 6.07) is 5.10. The lowest BCUT2D eigenvalue weighted by molar-refractivity contribution is 0.118. The van der Waals surface area contributed by atoms with Crippen LogP contribution in [0.5, 0.6) is 0 Å². The molecule has 2 N–H and O–H groups in total. The largest absolute Gasteiger partial charge is 0.328 e. The molecule has 3 rings (SSSR count). The number of aromatic nitrogens is 1. The van der Waals surface area contributed by atoms with Crippen molar-refractivity contribution >= 4 is 23.2 Å². The lowest BCUT2D eigenvalue weighted by atomic mass is 9.98. The van der Waals surface area contributed by atoms with Crippen LogP contribution >= 0.6 is 23.2 Å². The number of rotatable bonds is 2. The smallest absolute Gasteiger partial charge is 0.129 e. The fourth-order valence-corrected chi connectivity index (χ4v) is 3.65. The predicted octanol–water partition coefficient (Wildman–Crippen LogP) is 2.84. The second kappa shape index (κ2) is 4.97. The Bertz CT molecular complexity index is 438. The van der Waals surface area contributed by atoms with E-state index in [2.05, 4.69) is 9.88 Å². The van der Waals surface area contributed by atoms with Gasteiger partial charge in [-0.3, -0.25) is 4.90 Å².